The molecule has 2 aromatic carbocycles. The number of hydrogen-bond acceptors (Lipinski definition) is 4. The molecule has 124 valence electrons. The van der Waals surface area contributed by atoms with Gasteiger partial charge in [0.25, 0.3) is 0 Å². The molecule has 1 heterocycles. The Bertz CT molecular complexity index is 784. The molecule has 1 aliphatic rings. The van der Waals surface area contributed by atoms with Gasteiger partial charge in [0.05, 0.1) is 18.0 Å². The first-order valence-corrected chi connectivity index (χ1v) is 8.69. The lowest BCUT2D eigenvalue weighted by molar-refractivity contribution is -0.118. The zero-order valence-corrected chi connectivity index (χ0v) is 14.8. The van der Waals surface area contributed by atoms with Gasteiger partial charge in [0.15, 0.2) is 5.17 Å². The Balaban J connectivity index is 1.70. The summed E-state index contributed by atoms with van der Waals surface area (Å²) in [6, 6.07) is 13.9. The topological polar surface area (TPSA) is 50.7 Å². The van der Waals surface area contributed by atoms with Gasteiger partial charge < -0.3 is 10.1 Å². The van der Waals surface area contributed by atoms with Gasteiger partial charge in [0.2, 0.25) is 5.91 Å². The summed E-state index contributed by atoms with van der Waals surface area (Å²) in [5, 5.41) is 3.40. The minimum Gasteiger partial charge on any atom is -0.497 e. The van der Waals surface area contributed by atoms with Crippen molar-refractivity contribution in [2.24, 2.45) is 4.99 Å². The first kappa shape index (κ1) is 16.6. The second-order valence-electron chi connectivity index (χ2n) is 5.83. The average Bonchev–Trinajstić information content (AvgIpc) is 2.91. The first-order chi connectivity index (χ1) is 11.5. The zero-order chi connectivity index (χ0) is 17.1. The first-order valence-electron chi connectivity index (χ1n) is 7.81. The number of aliphatic imine (C=N–C) groups is 1. The van der Waals surface area contributed by atoms with Crippen molar-refractivity contribution in [3.8, 4) is 5.75 Å². The third kappa shape index (κ3) is 3.79. The van der Waals surface area contributed by atoms with E-state index in [1.165, 1.54) is 22.9 Å². The van der Waals surface area contributed by atoms with Crippen LogP contribution in [0.15, 0.2) is 47.5 Å². The molecule has 4 nitrogen and oxygen atoms in total. The quantitative estimate of drug-likeness (QED) is 0.922. The van der Waals surface area contributed by atoms with Gasteiger partial charge in [0, 0.05) is 0 Å². The highest BCUT2D eigenvalue weighted by Gasteiger charge is 2.30. The third-order valence-electron chi connectivity index (χ3n) is 4.08. The van der Waals surface area contributed by atoms with Crippen LogP contribution < -0.4 is 10.1 Å². The molecule has 2 aromatic rings. The second-order valence-corrected chi connectivity index (χ2v) is 7.02. The van der Waals surface area contributed by atoms with E-state index in [0.717, 1.165) is 17.0 Å². The summed E-state index contributed by atoms with van der Waals surface area (Å²) in [4.78, 5) is 16.7. The van der Waals surface area contributed by atoms with E-state index in [1.54, 1.807) is 7.11 Å². The Kier molecular flexibility index (Phi) is 4.90. The number of amidine groups is 1. The van der Waals surface area contributed by atoms with Crippen LogP contribution >= 0.6 is 11.8 Å². The number of carbonyl (C=O) groups is 1. The van der Waals surface area contributed by atoms with Crippen LogP contribution in [-0.2, 0) is 11.2 Å². The van der Waals surface area contributed by atoms with Gasteiger partial charge in [-0.05, 0) is 61.2 Å². The molecule has 24 heavy (non-hydrogen) atoms. The van der Waals surface area contributed by atoms with Gasteiger partial charge in [-0.3, -0.25) is 4.79 Å². The fourth-order valence-electron chi connectivity index (χ4n) is 2.48. The molecule has 0 saturated carbocycles. The number of nitrogens with one attached hydrogen (secondary N) is 1. The van der Waals surface area contributed by atoms with E-state index in [1.807, 2.05) is 42.5 Å². The van der Waals surface area contributed by atoms with E-state index in [-0.39, 0.29) is 11.2 Å². The number of ether oxygens (including phenoxy) is 1. The molecule has 1 fully saturated rings. The molecule has 5 heteroatoms. The lowest BCUT2D eigenvalue weighted by Crippen LogP contribution is -2.25. The molecular weight excluding hydrogens is 320 g/mol. The number of methoxy groups -OCH3 is 1. The summed E-state index contributed by atoms with van der Waals surface area (Å²) in [6.07, 6.45) is 0.673. The van der Waals surface area contributed by atoms with Crippen LogP contribution in [0.4, 0.5) is 5.69 Å². The molecule has 1 atom stereocenters. The van der Waals surface area contributed by atoms with Crippen LogP contribution in [-0.4, -0.2) is 23.4 Å². The van der Waals surface area contributed by atoms with Crippen LogP contribution in [0.25, 0.3) is 0 Å². The lowest BCUT2D eigenvalue weighted by Gasteiger charge is -2.06. The fourth-order valence-corrected chi connectivity index (χ4v) is 3.51. The fraction of sp³-hybridized carbons (Fsp3) is 0.263. The lowest BCUT2D eigenvalue weighted by atomic mass is 10.1. The number of thioether (sulfide) groups is 1. The number of carbonyl (C=O) groups excluding carboxylic acids is 1. The molecule has 1 N–H and O–H groups in total. The van der Waals surface area contributed by atoms with Crippen LogP contribution in [0.5, 0.6) is 5.75 Å². The molecule has 0 aromatic heterocycles. The van der Waals surface area contributed by atoms with Gasteiger partial charge >= 0.3 is 0 Å². The number of rotatable bonds is 4. The minimum absolute atomic E-state index is 0.0124. The largest absolute Gasteiger partial charge is 0.497 e. The van der Waals surface area contributed by atoms with Crippen molar-refractivity contribution in [2.45, 2.75) is 25.5 Å². The Labute approximate surface area is 146 Å². The summed E-state index contributed by atoms with van der Waals surface area (Å²) in [5.74, 6) is 0.831. The maximum atomic E-state index is 12.2. The number of benzene rings is 2. The zero-order valence-electron chi connectivity index (χ0n) is 14.0. The van der Waals surface area contributed by atoms with Gasteiger partial charge in [-0.2, -0.15) is 0 Å². The van der Waals surface area contributed by atoms with Crippen molar-refractivity contribution in [1.29, 1.82) is 0 Å². The Morgan fingerprint density at radius 3 is 2.54 bits per heavy atom. The summed E-state index contributed by atoms with van der Waals surface area (Å²) >= 11 is 1.49. The van der Waals surface area contributed by atoms with Gasteiger partial charge in [-0.25, -0.2) is 4.99 Å². The predicted octanol–water partition coefficient (Wildman–Crippen LogP) is 3.77. The third-order valence-corrected chi connectivity index (χ3v) is 5.16. The molecular formula is C19H20N2O2S. The van der Waals surface area contributed by atoms with E-state index >= 15 is 0 Å². The van der Waals surface area contributed by atoms with E-state index < -0.39 is 0 Å². The van der Waals surface area contributed by atoms with E-state index in [2.05, 4.69) is 24.2 Å². The average molecular weight is 340 g/mol. The van der Waals surface area contributed by atoms with Crippen molar-refractivity contribution >= 4 is 28.5 Å². The van der Waals surface area contributed by atoms with Crippen LogP contribution in [0.3, 0.4) is 0 Å². The molecule has 0 aliphatic carbocycles. The van der Waals surface area contributed by atoms with Gasteiger partial charge in [-0.1, -0.05) is 30.0 Å². The summed E-state index contributed by atoms with van der Waals surface area (Å²) < 4.78 is 5.16. The van der Waals surface area contributed by atoms with Crippen LogP contribution in [0.2, 0.25) is 0 Å². The van der Waals surface area contributed by atoms with E-state index in [0.29, 0.717) is 11.6 Å². The molecule has 0 bridgehead atoms. The van der Waals surface area contributed by atoms with Crippen molar-refractivity contribution in [2.75, 3.05) is 7.11 Å². The Morgan fingerprint density at radius 1 is 1.12 bits per heavy atom. The molecule has 0 radical (unpaired) electrons. The monoisotopic (exact) mass is 340 g/mol. The predicted molar refractivity (Wildman–Crippen MR) is 99.2 cm³/mol. The smallest absolute Gasteiger partial charge is 0.239 e. The second kappa shape index (κ2) is 7.09. The van der Waals surface area contributed by atoms with Crippen molar-refractivity contribution in [3.63, 3.8) is 0 Å². The van der Waals surface area contributed by atoms with Crippen LogP contribution in [0, 0.1) is 13.8 Å². The van der Waals surface area contributed by atoms with E-state index in [9.17, 15) is 4.79 Å². The maximum Gasteiger partial charge on any atom is 0.239 e. The molecule has 1 saturated heterocycles. The summed E-state index contributed by atoms with van der Waals surface area (Å²) in [5.41, 5.74) is 4.40. The van der Waals surface area contributed by atoms with Crippen molar-refractivity contribution < 1.29 is 9.53 Å². The van der Waals surface area contributed by atoms with Crippen molar-refractivity contribution in [3.05, 3.63) is 59.2 Å². The highest BCUT2D eigenvalue weighted by molar-refractivity contribution is 8.15. The maximum absolute atomic E-state index is 12.2. The van der Waals surface area contributed by atoms with Gasteiger partial charge in [0.1, 0.15) is 5.75 Å². The van der Waals surface area contributed by atoms with E-state index in [4.69, 9.17) is 4.74 Å². The standard InChI is InChI=1S/C19H20N2O2S/c1-12-4-7-15(10-13(12)2)20-19-21-18(22)17(24-19)11-14-5-8-16(23-3)9-6-14/h4-10,17H,11H2,1-3H3,(H,20,21,22)/t17-/m1/s1. The summed E-state index contributed by atoms with van der Waals surface area (Å²) in [6.45, 7) is 4.13. The normalized spacial score (nSPS) is 18.7. The van der Waals surface area contributed by atoms with Crippen LogP contribution in [0.1, 0.15) is 16.7 Å². The number of amides is 1. The molecule has 0 spiro atoms. The number of hydrogen-bond donors (Lipinski definition) is 1. The minimum atomic E-state index is -0.149. The summed E-state index contributed by atoms with van der Waals surface area (Å²) in [7, 11) is 1.64. The SMILES string of the molecule is COc1ccc(C[C@H]2SC(=Nc3ccc(C)c(C)c3)NC2=O)cc1. The molecule has 0 unspecified atom stereocenters. The molecule has 3 rings (SSSR count). The Morgan fingerprint density at radius 2 is 1.88 bits per heavy atom. The van der Waals surface area contributed by atoms with Crippen molar-refractivity contribution in [1.82, 2.24) is 5.32 Å². The number of aryl methyl sites for hydroxylation is 2. The molecule has 1 aliphatic heterocycles. The molecule has 1 amide bonds. The highest BCUT2D eigenvalue weighted by Crippen LogP contribution is 2.27. The number of nitrogens with zero attached hydrogens (tertiary/aromatic N) is 1. The Hall–Kier alpha value is -2.27. The highest BCUT2D eigenvalue weighted by atomic mass is 32.2. The van der Waals surface area contributed by atoms with Gasteiger partial charge in [-0.15, -0.1) is 0 Å².